The summed E-state index contributed by atoms with van der Waals surface area (Å²) < 4.78 is 0. The second kappa shape index (κ2) is 8.65. The van der Waals surface area contributed by atoms with E-state index >= 15 is 0 Å². The number of benzene rings is 1. The summed E-state index contributed by atoms with van der Waals surface area (Å²) in [5.74, 6) is 2.46. The van der Waals surface area contributed by atoms with Crippen LogP contribution in [0.1, 0.15) is 11.3 Å². The molecule has 1 N–H and O–H groups in total. The van der Waals surface area contributed by atoms with Gasteiger partial charge in [0.2, 0.25) is 11.9 Å². The van der Waals surface area contributed by atoms with E-state index in [1.807, 2.05) is 25.1 Å². The van der Waals surface area contributed by atoms with Crippen molar-refractivity contribution in [3.63, 3.8) is 0 Å². The van der Waals surface area contributed by atoms with Gasteiger partial charge >= 0.3 is 0 Å². The van der Waals surface area contributed by atoms with Crippen molar-refractivity contribution in [1.82, 2.24) is 19.9 Å². The van der Waals surface area contributed by atoms with E-state index in [4.69, 9.17) is 4.98 Å². The summed E-state index contributed by atoms with van der Waals surface area (Å²) in [5.41, 5.74) is 2.29. The van der Waals surface area contributed by atoms with E-state index in [1.54, 1.807) is 12.4 Å². The monoisotopic (exact) mass is 375 g/mol. The number of anilines is 3. The summed E-state index contributed by atoms with van der Waals surface area (Å²) in [4.78, 5) is 22.5. The lowest BCUT2D eigenvalue weighted by Gasteiger charge is -2.34. The molecular weight excluding hydrogens is 350 g/mol. The molecule has 3 aromatic rings. The van der Waals surface area contributed by atoms with Gasteiger partial charge in [0.05, 0.1) is 0 Å². The highest BCUT2D eigenvalue weighted by molar-refractivity contribution is 5.45. The largest absolute Gasteiger partial charge is 0.370 e. The highest BCUT2D eigenvalue weighted by atomic mass is 15.4. The van der Waals surface area contributed by atoms with Crippen LogP contribution in [-0.4, -0.2) is 52.7 Å². The van der Waals surface area contributed by atoms with Crippen molar-refractivity contribution >= 4 is 17.7 Å². The fraction of sp³-hybridized carbons (Fsp3) is 0.333. The van der Waals surface area contributed by atoms with Crippen LogP contribution in [0.4, 0.5) is 17.7 Å². The average molecular weight is 375 g/mol. The standard InChI is InChI=1S/C21H25N7/c1-17-16-19(22-11-8-18-6-3-2-4-7-18)26-21(25-17)28-14-12-27(13-15-28)20-23-9-5-10-24-20/h2-7,9-10,16H,8,11-15H2,1H3,(H,22,25,26). The Hall–Kier alpha value is -3.22. The number of hydrogen-bond donors (Lipinski definition) is 1. The zero-order valence-corrected chi connectivity index (χ0v) is 16.1. The average Bonchev–Trinajstić information content (AvgIpc) is 2.75. The molecule has 1 aliphatic rings. The molecule has 3 heterocycles. The lowest BCUT2D eigenvalue weighted by Crippen LogP contribution is -2.47. The van der Waals surface area contributed by atoms with Gasteiger partial charge in [-0.2, -0.15) is 4.98 Å². The highest BCUT2D eigenvalue weighted by Gasteiger charge is 2.21. The molecule has 1 aromatic carbocycles. The third-order valence-corrected chi connectivity index (χ3v) is 4.80. The Kier molecular flexibility index (Phi) is 5.61. The first-order chi connectivity index (χ1) is 13.8. The van der Waals surface area contributed by atoms with Gasteiger partial charge in [0, 0.05) is 56.9 Å². The quantitative estimate of drug-likeness (QED) is 0.710. The summed E-state index contributed by atoms with van der Waals surface area (Å²) in [6, 6.07) is 14.3. The smallest absolute Gasteiger partial charge is 0.227 e. The fourth-order valence-corrected chi connectivity index (χ4v) is 3.33. The molecule has 144 valence electrons. The summed E-state index contributed by atoms with van der Waals surface area (Å²) in [6.07, 6.45) is 4.53. The molecule has 1 aliphatic heterocycles. The minimum atomic E-state index is 0.788. The van der Waals surface area contributed by atoms with E-state index in [2.05, 4.69) is 54.3 Å². The first kappa shape index (κ1) is 18.2. The third-order valence-electron chi connectivity index (χ3n) is 4.80. The molecule has 0 unspecified atom stereocenters. The summed E-state index contributed by atoms with van der Waals surface area (Å²) in [5, 5.41) is 3.44. The molecule has 0 radical (unpaired) electrons. The Bertz CT molecular complexity index is 878. The van der Waals surface area contributed by atoms with Gasteiger partial charge in [0.1, 0.15) is 5.82 Å². The van der Waals surface area contributed by atoms with Gasteiger partial charge < -0.3 is 15.1 Å². The maximum atomic E-state index is 4.74. The van der Waals surface area contributed by atoms with Crippen molar-refractivity contribution in [3.05, 3.63) is 66.1 Å². The van der Waals surface area contributed by atoms with Crippen LogP contribution in [0.3, 0.4) is 0 Å². The molecule has 0 atom stereocenters. The van der Waals surface area contributed by atoms with Gasteiger partial charge in [0.15, 0.2) is 0 Å². The van der Waals surface area contributed by atoms with Crippen LogP contribution < -0.4 is 15.1 Å². The minimum Gasteiger partial charge on any atom is -0.370 e. The van der Waals surface area contributed by atoms with Crippen LogP contribution in [0.5, 0.6) is 0 Å². The van der Waals surface area contributed by atoms with Crippen LogP contribution in [0.15, 0.2) is 54.9 Å². The molecule has 0 saturated carbocycles. The van der Waals surface area contributed by atoms with Crippen molar-refractivity contribution in [2.45, 2.75) is 13.3 Å². The van der Waals surface area contributed by atoms with E-state index in [-0.39, 0.29) is 0 Å². The van der Waals surface area contributed by atoms with Gasteiger partial charge in [-0.25, -0.2) is 15.0 Å². The first-order valence-electron chi connectivity index (χ1n) is 9.68. The molecule has 1 fully saturated rings. The fourth-order valence-electron chi connectivity index (χ4n) is 3.33. The van der Waals surface area contributed by atoms with Crippen molar-refractivity contribution in [1.29, 1.82) is 0 Å². The van der Waals surface area contributed by atoms with E-state index in [0.29, 0.717) is 0 Å². The normalized spacial score (nSPS) is 14.2. The maximum Gasteiger partial charge on any atom is 0.227 e. The number of aromatic nitrogens is 4. The van der Waals surface area contributed by atoms with Crippen molar-refractivity contribution in [2.75, 3.05) is 47.8 Å². The molecule has 7 nitrogen and oxygen atoms in total. The van der Waals surface area contributed by atoms with Gasteiger partial charge in [-0.1, -0.05) is 30.3 Å². The van der Waals surface area contributed by atoms with Gasteiger partial charge in [0.25, 0.3) is 0 Å². The Balaban J connectivity index is 1.36. The van der Waals surface area contributed by atoms with Gasteiger partial charge in [-0.15, -0.1) is 0 Å². The molecule has 0 aliphatic carbocycles. The van der Waals surface area contributed by atoms with Crippen molar-refractivity contribution < 1.29 is 0 Å². The molecule has 0 spiro atoms. The van der Waals surface area contributed by atoms with E-state index in [1.165, 1.54) is 5.56 Å². The first-order valence-corrected chi connectivity index (χ1v) is 9.68. The van der Waals surface area contributed by atoms with Crippen LogP contribution >= 0.6 is 0 Å². The van der Waals surface area contributed by atoms with Crippen molar-refractivity contribution in [3.8, 4) is 0 Å². The Morgan fingerprint density at radius 3 is 2.25 bits per heavy atom. The van der Waals surface area contributed by atoms with Gasteiger partial charge in [-0.3, -0.25) is 0 Å². The zero-order chi connectivity index (χ0) is 19.2. The van der Waals surface area contributed by atoms with Crippen molar-refractivity contribution in [2.24, 2.45) is 0 Å². The van der Waals surface area contributed by atoms with E-state index in [0.717, 1.165) is 62.6 Å². The third kappa shape index (κ3) is 4.54. The SMILES string of the molecule is Cc1cc(NCCc2ccccc2)nc(N2CCN(c3ncccn3)CC2)n1. The molecule has 1 saturated heterocycles. The molecule has 0 amide bonds. The number of aryl methyl sites for hydroxylation is 1. The molecule has 4 rings (SSSR count). The van der Waals surface area contributed by atoms with Crippen LogP contribution in [0, 0.1) is 6.92 Å². The second-order valence-electron chi connectivity index (χ2n) is 6.88. The Morgan fingerprint density at radius 2 is 1.54 bits per heavy atom. The van der Waals surface area contributed by atoms with Gasteiger partial charge in [-0.05, 0) is 25.0 Å². The molecule has 28 heavy (non-hydrogen) atoms. The zero-order valence-electron chi connectivity index (χ0n) is 16.1. The highest BCUT2D eigenvalue weighted by Crippen LogP contribution is 2.17. The molecule has 2 aromatic heterocycles. The predicted molar refractivity (Wildman–Crippen MR) is 112 cm³/mol. The lowest BCUT2D eigenvalue weighted by molar-refractivity contribution is 0.627. The van der Waals surface area contributed by atoms with Crippen LogP contribution in [-0.2, 0) is 6.42 Å². The lowest BCUT2D eigenvalue weighted by atomic mass is 10.1. The second-order valence-corrected chi connectivity index (χ2v) is 6.88. The van der Waals surface area contributed by atoms with E-state index in [9.17, 15) is 0 Å². The summed E-state index contributed by atoms with van der Waals surface area (Å²) in [6.45, 7) is 6.28. The predicted octanol–water partition coefficient (Wildman–Crippen LogP) is 2.56. The molecule has 7 heteroatoms. The summed E-state index contributed by atoms with van der Waals surface area (Å²) in [7, 11) is 0. The number of piperazine rings is 1. The number of nitrogens with zero attached hydrogens (tertiary/aromatic N) is 6. The summed E-state index contributed by atoms with van der Waals surface area (Å²) >= 11 is 0. The number of hydrogen-bond acceptors (Lipinski definition) is 7. The minimum absolute atomic E-state index is 0.788. The number of rotatable bonds is 6. The maximum absolute atomic E-state index is 4.74. The molecular formula is C21H25N7. The van der Waals surface area contributed by atoms with E-state index < -0.39 is 0 Å². The van der Waals surface area contributed by atoms with Crippen LogP contribution in [0.2, 0.25) is 0 Å². The number of nitrogens with one attached hydrogen (secondary N) is 1. The molecule has 0 bridgehead atoms. The topological polar surface area (TPSA) is 70.1 Å². The van der Waals surface area contributed by atoms with Crippen LogP contribution in [0.25, 0.3) is 0 Å². The Morgan fingerprint density at radius 1 is 0.857 bits per heavy atom. The Labute approximate surface area is 165 Å².